The third-order valence-electron chi connectivity index (χ3n) is 6.27. The number of hydrogen-bond donors (Lipinski definition) is 0. The van der Waals surface area contributed by atoms with Crippen molar-refractivity contribution in [3.8, 4) is 0 Å². The lowest BCUT2D eigenvalue weighted by Gasteiger charge is -2.60. The molecule has 0 N–H and O–H groups in total. The molecule has 5 nitrogen and oxygen atoms in total. The van der Waals surface area contributed by atoms with Crippen molar-refractivity contribution < 1.29 is 19.2 Å². The van der Waals surface area contributed by atoms with Crippen molar-refractivity contribution in [2.75, 3.05) is 0 Å². The Morgan fingerprint density at radius 1 is 1.09 bits per heavy atom. The summed E-state index contributed by atoms with van der Waals surface area (Å²) in [6.07, 6.45) is 3.21. The van der Waals surface area contributed by atoms with Crippen molar-refractivity contribution in [3.63, 3.8) is 0 Å². The lowest BCUT2D eigenvalue weighted by molar-refractivity contribution is -0.480. The Hall–Kier alpha value is -0.360. The number of ether oxygens (including phenoxy) is 2. The van der Waals surface area contributed by atoms with E-state index in [1.54, 1.807) is 0 Å². The van der Waals surface area contributed by atoms with E-state index >= 15 is 0 Å². The van der Waals surface area contributed by atoms with Crippen LogP contribution in [0.15, 0.2) is 4.99 Å². The first-order valence-electron chi connectivity index (χ1n) is 8.07. The third-order valence-corrected chi connectivity index (χ3v) is 6.37. The number of nitrogens with zero attached hydrogens (tertiary/aromatic N) is 1. The van der Waals surface area contributed by atoms with Gasteiger partial charge in [0.2, 0.25) is 6.29 Å². The molecule has 4 fully saturated rings. The summed E-state index contributed by atoms with van der Waals surface area (Å²) in [4.78, 5) is 15.9. The first kappa shape index (κ1) is 15.2. The highest BCUT2D eigenvalue weighted by Gasteiger charge is 2.75. The van der Waals surface area contributed by atoms with Gasteiger partial charge in [0.1, 0.15) is 11.2 Å². The monoisotopic (exact) mass is 325 g/mol. The van der Waals surface area contributed by atoms with Gasteiger partial charge in [-0.2, -0.15) is 0 Å². The van der Waals surface area contributed by atoms with Gasteiger partial charge in [-0.25, -0.2) is 14.8 Å². The van der Waals surface area contributed by atoms with Crippen LogP contribution in [0.4, 0.5) is 0 Å². The molecule has 3 heterocycles. The van der Waals surface area contributed by atoms with Crippen molar-refractivity contribution in [2.45, 2.75) is 82.2 Å². The van der Waals surface area contributed by atoms with Gasteiger partial charge in [0.05, 0.1) is 10.7 Å². The summed E-state index contributed by atoms with van der Waals surface area (Å²) in [6, 6.07) is 0. The molecule has 122 valence electrons. The van der Waals surface area contributed by atoms with Gasteiger partial charge in [-0.3, -0.25) is 0 Å². The molecule has 1 aliphatic carbocycles. The first-order chi connectivity index (χ1) is 10.3. The van der Waals surface area contributed by atoms with Gasteiger partial charge < -0.3 is 9.47 Å². The molecule has 22 heavy (non-hydrogen) atoms. The number of rotatable bonds is 1. The topological polar surface area (TPSA) is 49.3 Å². The Morgan fingerprint density at radius 2 is 1.82 bits per heavy atom. The zero-order chi connectivity index (χ0) is 15.8. The van der Waals surface area contributed by atoms with Gasteiger partial charge in [-0.15, -0.1) is 0 Å². The predicted octanol–water partition coefficient (Wildman–Crippen LogP) is 3.24. The zero-order valence-electron chi connectivity index (χ0n) is 13.5. The maximum absolute atomic E-state index is 6.57. The fraction of sp³-hybridized carbons (Fsp3) is 0.938. The molecular weight excluding hydrogens is 302 g/mol. The van der Waals surface area contributed by atoms with Crippen LogP contribution in [0.25, 0.3) is 0 Å². The van der Waals surface area contributed by atoms with Crippen molar-refractivity contribution in [1.29, 1.82) is 0 Å². The minimum Gasteiger partial charge on any atom is -0.337 e. The highest BCUT2D eigenvalue weighted by atomic mass is 32.1. The third kappa shape index (κ3) is 1.74. The maximum Gasteiger partial charge on any atom is 0.224 e. The van der Waals surface area contributed by atoms with E-state index in [4.69, 9.17) is 31.5 Å². The summed E-state index contributed by atoms with van der Waals surface area (Å²) in [5.41, 5.74) is -1.21. The van der Waals surface area contributed by atoms with Crippen LogP contribution >= 0.6 is 12.2 Å². The van der Waals surface area contributed by atoms with Gasteiger partial charge in [0, 0.05) is 18.3 Å². The standard InChI is InChI=1S/C16H23NO4S/c1-13(2)10-5-7-14(3,17-9-22)11-6-8-15(4)18-12(19-21-13)16(10,11)20-15/h10-12H,5-8H2,1-4H3/t10-,11-,12-,14-,15+,16-/m1/s1. The average Bonchev–Trinajstić information content (AvgIpc) is 2.63. The Bertz CT molecular complexity index is 562. The van der Waals surface area contributed by atoms with E-state index in [0.717, 1.165) is 25.7 Å². The van der Waals surface area contributed by atoms with Crippen molar-refractivity contribution in [3.05, 3.63) is 0 Å². The number of fused-ring (bicyclic) bond motifs is 1. The maximum atomic E-state index is 6.57. The average molecular weight is 325 g/mol. The lowest BCUT2D eigenvalue weighted by Crippen LogP contribution is -2.71. The summed E-state index contributed by atoms with van der Waals surface area (Å²) in [5, 5.41) is 2.60. The van der Waals surface area contributed by atoms with Crippen molar-refractivity contribution >= 4 is 17.4 Å². The molecule has 0 radical (unpaired) electrons. The Balaban J connectivity index is 1.87. The highest BCUT2D eigenvalue weighted by Crippen LogP contribution is 2.65. The van der Waals surface area contributed by atoms with Gasteiger partial charge in [-0.05, 0) is 59.2 Å². The van der Waals surface area contributed by atoms with Gasteiger partial charge in [0.25, 0.3) is 0 Å². The molecule has 2 bridgehead atoms. The first-order valence-corrected chi connectivity index (χ1v) is 8.48. The van der Waals surface area contributed by atoms with E-state index in [-0.39, 0.29) is 17.4 Å². The number of hydrogen-bond acceptors (Lipinski definition) is 6. The summed E-state index contributed by atoms with van der Waals surface area (Å²) in [6.45, 7) is 8.29. The predicted molar refractivity (Wildman–Crippen MR) is 82.2 cm³/mol. The smallest absolute Gasteiger partial charge is 0.224 e. The molecule has 0 aromatic rings. The Labute approximate surface area is 136 Å². The molecule has 0 aromatic carbocycles. The molecule has 3 aliphatic heterocycles. The van der Waals surface area contributed by atoms with Crippen LogP contribution in [0.1, 0.15) is 53.4 Å². The molecule has 0 unspecified atom stereocenters. The minimum atomic E-state index is -0.594. The van der Waals surface area contributed by atoms with Crippen LogP contribution in [-0.2, 0) is 19.2 Å². The SMILES string of the molecule is CC1(C)OO[C@H]2O[C@]3(C)CC[C@H]4[C@]2(O3)[C@@H]1CC[C@@]4(C)N=C=S. The quantitative estimate of drug-likeness (QED) is 0.421. The van der Waals surface area contributed by atoms with Crippen LogP contribution in [0.2, 0.25) is 0 Å². The van der Waals surface area contributed by atoms with Crippen LogP contribution < -0.4 is 0 Å². The lowest BCUT2D eigenvalue weighted by atomic mass is 9.54. The van der Waals surface area contributed by atoms with Crippen LogP contribution in [0.5, 0.6) is 0 Å². The second-order valence-electron chi connectivity index (χ2n) is 8.06. The van der Waals surface area contributed by atoms with Gasteiger partial charge >= 0.3 is 0 Å². The molecule has 1 spiro atoms. The Morgan fingerprint density at radius 3 is 2.55 bits per heavy atom. The molecule has 6 atom stereocenters. The number of thiocarbonyl (C=S) groups is 1. The fourth-order valence-electron chi connectivity index (χ4n) is 5.30. The molecule has 4 rings (SSSR count). The summed E-state index contributed by atoms with van der Waals surface area (Å²) >= 11 is 4.90. The zero-order valence-corrected chi connectivity index (χ0v) is 14.4. The van der Waals surface area contributed by atoms with E-state index in [0.29, 0.717) is 0 Å². The number of isothiocyanates is 1. The summed E-state index contributed by atoms with van der Waals surface area (Å²) in [7, 11) is 0. The van der Waals surface area contributed by atoms with E-state index in [2.05, 4.69) is 30.9 Å². The molecule has 0 aromatic heterocycles. The molecular formula is C16H23NO4S. The highest BCUT2D eigenvalue weighted by molar-refractivity contribution is 7.78. The van der Waals surface area contributed by atoms with E-state index in [1.165, 1.54) is 0 Å². The van der Waals surface area contributed by atoms with Crippen molar-refractivity contribution in [2.24, 2.45) is 16.8 Å². The van der Waals surface area contributed by atoms with Gasteiger partial charge in [0.15, 0.2) is 5.79 Å². The molecule has 3 saturated heterocycles. The largest absolute Gasteiger partial charge is 0.337 e. The van der Waals surface area contributed by atoms with E-state index in [9.17, 15) is 0 Å². The molecule has 1 saturated carbocycles. The van der Waals surface area contributed by atoms with E-state index < -0.39 is 23.3 Å². The molecule has 4 aliphatic rings. The van der Waals surface area contributed by atoms with Crippen molar-refractivity contribution in [1.82, 2.24) is 0 Å². The summed E-state index contributed by atoms with van der Waals surface area (Å²) in [5.74, 6) is -0.194. The summed E-state index contributed by atoms with van der Waals surface area (Å²) < 4.78 is 12.7. The fourth-order valence-corrected chi connectivity index (χ4v) is 5.51. The molecule has 0 amide bonds. The van der Waals surface area contributed by atoms with E-state index in [1.807, 2.05) is 6.92 Å². The molecule has 6 heteroatoms. The second-order valence-corrected chi connectivity index (χ2v) is 8.25. The van der Waals surface area contributed by atoms with Crippen LogP contribution in [-0.4, -0.2) is 34.0 Å². The Kier molecular flexibility index (Phi) is 3.02. The van der Waals surface area contributed by atoms with Crippen LogP contribution in [0.3, 0.4) is 0 Å². The second kappa shape index (κ2) is 4.38. The normalized spacial score (nSPS) is 55.2. The van der Waals surface area contributed by atoms with Crippen LogP contribution in [0, 0.1) is 11.8 Å². The van der Waals surface area contributed by atoms with Gasteiger partial charge in [-0.1, -0.05) is 0 Å². The number of aliphatic imine (C=N–C) groups is 1. The minimum absolute atomic E-state index is 0.193.